The maximum absolute atomic E-state index is 12.5. The lowest BCUT2D eigenvalue weighted by Gasteiger charge is -2.09. The fourth-order valence-corrected chi connectivity index (χ4v) is 2.06. The van der Waals surface area contributed by atoms with E-state index in [0.717, 1.165) is 29.7 Å². The molecule has 0 spiro atoms. The van der Waals surface area contributed by atoms with Crippen molar-refractivity contribution in [1.82, 2.24) is 9.55 Å². The van der Waals surface area contributed by atoms with Crippen molar-refractivity contribution >= 4 is 5.78 Å². The predicted octanol–water partition coefficient (Wildman–Crippen LogP) is 3.14. The number of ketones is 1. The molecule has 0 aliphatic carbocycles. The molecule has 0 amide bonds. The Kier molecular flexibility index (Phi) is 3.60. The molecule has 1 aromatic carbocycles. The zero-order valence-corrected chi connectivity index (χ0v) is 11.1. The van der Waals surface area contributed by atoms with Gasteiger partial charge in [-0.05, 0) is 31.4 Å². The van der Waals surface area contributed by atoms with Crippen LogP contribution in [0.1, 0.15) is 40.7 Å². The molecule has 0 saturated carbocycles. The molecular weight excluding hydrogens is 224 g/mol. The van der Waals surface area contributed by atoms with E-state index in [1.165, 1.54) is 0 Å². The van der Waals surface area contributed by atoms with Gasteiger partial charge in [0.15, 0.2) is 5.82 Å². The Morgan fingerprint density at radius 1 is 1.33 bits per heavy atom. The van der Waals surface area contributed by atoms with Gasteiger partial charge in [0.05, 0.1) is 0 Å². The van der Waals surface area contributed by atoms with Crippen LogP contribution in [-0.2, 0) is 6.54 Å². The van der Waals surface area contributed by atoms with Gasteiger partial charge in [-0.25, -0.2) is 4.98 Å². The minimum atomic E-state index is 0.00894. The van der Waals surface area contributed by atoms with Crippen molar-refractivity contribution in [3.63, 3.8) is 0 Å². The van der Waals surface area contributed by atoms with E-state index in [9.17, 15) is 4.79 Å². The quantitative estimate of drug-likeness (QED) is 0.772. The normalized spacial score (nSPS) is 10.6. The SMILES string of the molecule is CCCn1ccnc1C(=O)c1cccc(C)c1C. The number of aromatic nitrogens is 2. The van der Waals surface area contributed by atoms with Gasteiger partial charge >= 0.3 is 0 Å². The molecular formula is C15H18N2O. The second-order valence-corrected chi connectivity index (χ2v) is 4.52. The Labute approximate surface area is 107 Å². The first-order valence-electron chi connectivity index (χ1n) is 6.27. The van der Waals surface area contributed by atoms with Crippen LogP contribution in [0.4, 0.5) is 0 Å². The van der Waals surface area contributed by atoms with Gasteiger partial charge in [0.1, 0.15) is 0 Å². The molecule has 0 radical (unpaired) electrons. The van der Waals surface area contributed by atoms with E-state index < -0.39 is 0 Å². The first-order valence-corrected chi connectivity index (χ1v) is 6.27. The van der Waals surface area contributed by atoms with E-state index in [1.54, 1.807) is 6.20 Å². The first-order chi connectivity index (χ1) is 8.65. The Morgan fingerprint density at radius 3 is 2.83 bits per heavy atom. The second kappa shape index (κ2) is 5.17. The molecule has 0 N–H and O–H groups in total. The van der Waals surface area contributed by atoms with Crippen LogP contribution in [0, 0.1) is 13.8 Å². The van der Waals surface area contributed by atoms with Crippen molar-refractivity contribution in [2.75, 3.05) is 0 Å². The summed E-state index contributed by atoms with van der Waals surface area (Å²) in [7, 11) is 0. The zero-order chi connectivity index (χ0) is 13.1. The van der Waals surface area contributed by atoms with E-state index in [0.29, 0.717) is 5.82 Å². The molecule has 0 aliphatic heterocycles. The van der Waals surface area contributed by atoms with E-state index in [2.05, 4.69) is 11.9 Å². The Hall–Kier alpha value is -1.90. The van der Waals surface area contributed by atoms with Crippen LogP contribution < -0.4 is 0 Å². The summed E-state index contributed by atoms with van der Waals surface area (Å²) in [5, 5.41) is 0. The average molecular weight is 242 g/mol. The third-order valence-electron chi connectivity index (χ3n) is 3.23. The topological polar surface area (TPSA) is 34.9 Å². The monoisotopic (exact) mass is 242 g/mol. The first kappa shape index (κ1) is 12.6. The lowest BCUT2D eigenvalue weighted by Crippen LogP contribution is -2.12. The zero-order valence-electron chi connectivity index (χ0n) is 11.1. The minimum Gasteiger partial charge on any atom is -0.328 e. The number of carbonyl (C=O) groups excluding carboxylic acids is 1. The van der Waals surface area contributed by atoms with Crippen molar-refractivity contribution in [2.45, 2.75) is 33.7 Å². The minimum absolute atomic E-state index is 0.00894. The van der Waals surface area contributed by atoms with Crippen LogP contribution >= 0.6 is 0 Å². The lowest BCUT2D eigenvalue weighted by atomic mass is 10.00. The van der Waals surface area contributed by atoms with Gasteiger partial charge in [-0.2, -0.15) is 0 Å². The number of hydrogen-bond acceptors (Lipinski definition) is 2. The summed E-state index contributed by atoms with van der Waals surface area (Å²) in [5.41, 5.74) is 2.92. The molecule has 0 saturated heterocycles. The van der Waals surface area contributed by atoms with Crippen LogP contribution in [0.25, 0.3) is 0 Å². The molecule has 0 unspecified atom stereocenters. The van der Waals surface area contributed by atoms with Crippen LogP contribution in [0.15, 0.2) is 30.6 Å². The van der Waals surface area contributed by atoms with Crippen LogP contribution in [0.2, 0.25) is 0 Å². The maximum Gasteiger partial charge on any atom is 0.228 e. The van der Waals surface area contributed by atoms with E-state index >= 15 is 0 Å². The highest BCUT2D eigenvalue weighted by atomic mass is 16.1. The number of aryl methyl sites for hydroxylation is 2. The predicted molar refractivity (Wildman–Crippen MR) is 71.9 cm³/mol. The van der Waals surface area contributed by atoms with Crippen LogP contribution in [-0.4, -0.2) is 15.3 Å². The number of benzene rings is 1. The van der Waals surface area contributed by atoms with Gasteiger partial charge in [0.2, 0.25) is 5.78 Å². The van der Waals surface area contributed by atoms with Crippen LogP contribution in [0.5, 0.6) is 0 Å². The third kappa shape index (κ3) is 2.21. The highest BCUT2D eigenvalue weighted by Gasteiger charge is 2.17. The number of rotatable bonds is 4. The van der Waals surface area contributed by atoms with Crippen molar-refractivity contribution in [3.8, 4) is 0 Å². The standard InChI is InChI=1S/C15H18N2O/c1-4-9-17-10-8-16-15(17)14(18)13-7-5-6-11(2)12(13)3/h5-8,10H,4,9H2,1-3H3. The van der Waals surface area contributed by atoms with Gasteiger partial charge in [-0.1, -0.05) is 25.1 Å². The molecule has 0 aliphatic rings. The second-order valence-electron chi connectivity index (χ2n) is 4.52. The summed E-state index contributed by atoms with van der Waals surface area (Å²) >= 11 is 0. The molecule has 3 heteroatoms. The molecule has 0 fully saturated rings. The number of imidazole rings is 1. The molecule has 18 heavy (non-hydrogen) atoms. The number of hydrogen-bond donors (Lipinski definition) is 0. The van der Waals surface area contributed by atoms with Gasteiger partial charge < -0.3 is 4.57 Å². The van der Waals surface area contributed by atoms with Crippen LogP contribution in [0.3, 0.4) is 0 Å². The molecule has 0 atom stereocenters. The summed E-state index contributed by atoms with van der Waals surface area (Å²) in [6.07, 6.45) is 4.54. The van der Waals surface area contributed by atoms with Crippen molar-refractivity contribution in [2.24, 2.45) is 0 Å². The largest absolute Gasteiger partial charge is 0.328 e. The van der Waals surface area contributed by atoms with Gasteiger partial charge in [0.25, 0.3) is 0 Å². The average Bonchev–Trinajstić information content (AvgIpc) is 2.80. The Morgan fingerprint density at radius 2 is 2.11 bits per heavy atom. The fourth-order valence-electron chi connectivity index (χ4n) is 2.06. The summed E-state index contributed by atoms with van der Waals surface area (Å²) in [6.45, 7) is 6.92. The Bertz CT molecular complexity index is 570. The lowest BCUT2D eigenvalue weighted by molar-refractivity contribution is 0.102. The molecule has 94 valence electrons. The van der Waals surface area contributed by atoms with Crippen molar-refractivity contribution in [3.05, 3.63) is 53.1 Å². The molecule has 1 aromatic heterocycles. The summed E-state index contributed by atoms with van der Waals surface area (Å²) in [5.74, 6) is 0.542. The Balaban J connectivity index is 2.42. The van der Waals surface area contributed by atoms with Gasteiger partial charge in [-0.3, -0.25) is 4.79 Å². The molecule has 2 rings (SSSR count). The molecule has 0 bridgehead atoms. The molecule has 1 heterocycles. The van der Waals surface area contributed by atoms with Gasteiger partial charge in [-0.15, -0.1) is 0 Å². The third-order valence-corrected chi connectivity index (χ3v) is 3.23. The van der Waals surface area contributed by atoms with E-state index in [1.807, 2.05) is 42.8 Å². The smallest absolute Gasteiger partial charge is 0.228 e. The maximum atomic E-state index is 12.5. The van der Waals surface area contributed by atoms with E-state index in [4.69, 9.17) is 0 Å². The van der Waals surface area contributed by atoms with E-state index in [-0.39, 0.29) is 5.78 Å². The highest BCUT2D eigenvalue weighted by molar-refractivity contribution is 6.07. The van der Waals surface area contributed by atoms with Gasteiger partial charge in [0, 0.05) is 24.5 Å². The number of nitrogens with zero attached hydrogens (tertiary/aromatic N) is 2. The summed E-state index contributed by atoms with van der Waals surface area (Å²) in [6, 6.07) is 5.81. The summed E-state index contributed by atoms with van der Waals surface area (Å²) in [4.78, 5) is 16.7. The summed E-state index contributed by atoms with van der Waals surface area (Å²) < 4.78 is 1.92. The fraction of sp³-hybridized carbons (Fsp3) is 0.333. The highest BCUT2D eigenvalue weighted by Crippen LogP contribution is 2.16. The molecule has 3 nitrogen and oxygen atoms in total. The van der Waals surface area contributed by atoms with Crippen molar-refractivity contribution in [1.29, 1.82) is 0 Å². The molecule has 2 aromatic rings. The number of carbonyl (C=O) groups is 1. The van der Waals surface area contributed by atoms with Crippen molar-refractivity contribution < 1.29 is 4.79 Å².